The molecular weight excluding hydrogens is 584 g/mol. The topological polar surface area (TPSA) is 154 Å². The number of benzene rings is 3. The first-order chi connectivity index (χ1) is 21.4. The van der Waals surface area contributed by atoms with Crippen molar-refractivity contribution < 1.29 is 39.3 Å². The number of thioether (sulfide) groups is 1. The third-order valence-electron chi connectivity index (χ3n) is 7.28. The van der Waals surface area contributed by atoms with Crippen molar-refractivity contribution in [2.75, 3.05) is 11.1 Å². The number of anilines is 1. The number of carboxylic acid groups (broad SMARTS) is 1. The van der Waals surface area contributed by atoms with Crippen LogP contribution in [-0.2, 0) is 25.7 Å². The van der Waals surface area contributed by atoms with Gasteiger partial charge in [0.2, 0.25) is 11.8 Å². The maximum atomic E-state index is 12.6. The van der Waals surface area contributed by atoms with Gasteiger partial charge in [0.25, 0.3) is 0 Å². The number of carbonyl (C=O) groups excluding carboxylic acids is 2. The number of hydroxylamine groups is 1. The van der Waals surface area contributed by atoms with E-state index in [1.807, 2.05) is 48.5 Å². The van der Waals surface area contributed by atoms with Crippen LogP contribution < -0.4 is 10.8 Å². The van der Waals surface area contributed by atoms with Crippen molar-refractivity contribution >= 4 is 35.2 Å². The Bertz CT molecular complexity index is 1400. The molecular formula is C33H38N2O8S. The molecule has 10 nitrogen and oxygen atoms in total. The molecule has 1 aliphatic rings. The van der Waals surface area contributed by atoms with Crippen molar-refractivity contribution in [3.05, 3.63) is 95.1 Å². The van der Waals surface area contributed by atoms with E-state index in [4.69, 9.17) is 14.7 Å². The van der Waals surface area contributed by atoms with Crippen molar-refractivity contribution in [1.82, 2.24) is 5.48 Å². The second-order valence-corrected chi connectivity index (χ2v) is 11.6. The van der Waals surface area contributed by atoms with E-state index in [1.54, 1.807) is 29.7 Å². The molecule has 5 N–H and O–H groups in total. The number of unbranched alkanes of at least 4 members (excludes halogenated alkanes) is 3. The van der Waals surface area contributed by atoms with Crippen LogP contribution in [0.4, 0.5) is 5.69 Å². The Hall–Kier alpha value is -3.74. The number of nitrogens with one attached hydrogen (secondary N) is 2. The standard InChI is InChI=1S/C33H38N2O8S/c36-20-22-14-16-23(17-15-22)28-19-26(21-44-29-11-6-5-10-27(29)32(39)40)42-33(43-28)24-8-7-9-25(18-24)34-30(37)12-3-1-2-4-13-31(38)35-41/h5-11,14-18,26,28,33,36,41H,1-4,12-13,19-21H2,(H,34,37)(H,35,38)(H,39,40). The predicted molar refractivity (Wildman–Crippen MR) is 165 cm³/mol. The van der Waals surface area contributed by atoms with Gasteiger partial charge in [-0.25, -0.2) is 10.3 Å². The van der Waals surface area contributed by atoms with Gasteiger partial charge >= 0.3 is 5.97 Å². The lowest BCUT2D eigenvalue weighted by Crippen LogP contribution is -2.31. The van der Waals surface area contributed by atoms with Crippen LogP contribution in [0.25, 0.3) is 0 Å². The molecule has 0 radical (unpaired) electrons. The van der Waals surface area contributed by atoms with Crippen LogP contribution in [0, 0.1) is 0 Å². The highest BCUT2D eigenvalue weighted by Gasteiger charge is 2.32. The zero-order valence-electron chi connectivity index (χ0n) is 24.3. The summed E-state index contributed by atoms with van der Waals surface area (Å²) < 4.78 is 12.8. The van der Waals surface area contributed by atoms with E-state index in [0.29, 0.717) is 42.0 Å². The number of rotatable bonds is 15. The average molecular weight is 623 g/mol. The molecule has 11 heteroatoms. The number of carbonyl (C=O) groups is 3. The lowest BCUT2D eigenvalue weighted by molar-refractivity contribution is -0.245. The molecule has 1 aliphatic heterocycles. The summed E-state index contributed by atoms with van der Waals surface area (Å²) in [5, 5.41) is 30.5. The normalized spacial score (nSPS) is 18.0. The van der Waals surface area contributed by atoms with Crippen LogP contribution in [0.1, 0.15) is 84.4 Å². The first kappa shape index (κ1) is 33.2. The largest absolute Gasteiger partial charge is 0.478 e. The van der Waals surface area contributed by atoms with Gasteiger partial charge < -0.3 is 25.0 Å². The number of carboxylic acids is 1. The first-order valence-corrected chi connectivity index (χ1v) is 15.6. The number of ether oxygens (including phenoxy) is 2. The van der Waals surface area contributed by atoms with Gasteiger partial charge in [-0.05, 0) is 48.2 Å². The molecule has 3 atom stereocenters. The lowest BCUT2D eigenvalue weighted by atomic mass is 10.0. The minimum Gasteiger partial charge on any atom is -0.478 e. The van der Waals surface area contributed by atoms with Gasteiger partial charge in [0.15, 0.2) is 6.29 Å². The van der Waals surface area contributed by atoms with E-state index in [9.17, 15) is 24.6 Å². The Morgan fingerprint density at radius 1 is 0.841 bits per heavy atom. The Balaban J connectivity index is 1.41. The molecule has 2 amide bonds. The maximum absolute atomic E-state index is 12.6. The number of hydrogen-bond donors (Lipinski definition) is 5. The highest BCUT2D eigenvalue weighted by Crippen LogP contribution is 2.40. The van der Waals surface area contributed by atoms with Gasteiger partial charge in [-0.2, -0.15) is 0 Å². The minimum atomic E-state index is -0.980. The fourth-order valence-corrected chi connectivity index (χ4v) is 6.01. The van der Waals surface area contributed by atoms with Crippen molar-refractivity contribution in [3.63, 3.8) is 0 Å². The summed E-state index contributed by atoms with van der Waals surface area (Å²) >= 11 is 1.43. The van der Waals surface area contributed by atoms with Crippen LogP contribution in [0.2, 0.25) is 0 Å². The van der Waals surface area contributed by atoms with Crippen LogP contribution in [0.5, 0.6) is 0 Å². The number of amides is 2. The third-order valence-corrected chi connectivity index (χ3v) is 8.49. The highest BCUT2D eigenvalue weighted by molar-refractivity contribution is 7.99. The molecule has 0 bridgehead atoms. The number of aromatic carboxylic acids is 1. The quantitative estimate of drug-likeness (QED) is 0.0594. The average Bonchev–Trinajstić information content (AvgIpc) is 3.05. The fourth-order valence-electron chi connectivity index (χ4n) is 4.94. The van der Waals surface area contributed by atoms with E-state index in [1.165, 1.54) is 11.8 Å². The Kier molecular flexibility index (Phi) is 12.8. The molecule has 234 valence electrons. The number of aliphatic hydroxyl groups excluding tert-OH is 1. The Labute approximate surface area is 260 Å². The molecule has 1 fully saturated rings. The number of aliphatic hydroxyl groups is 1. The van der Waals surface area contributed by atoms with Gasteiger partial charge in [0.1, 0.15) is 0 Å². The van der Waals surface area contributed by atoms with Crippen molar-refractivity contribution in [2.24, 2.45) is 0 Å². The van der Waals surface area contributed by atoms with Gasteiger partial charge in [0.05, 0.1) is 24.4 Å². The number of hydrogen-bond acceptors (Lipinski definition) is 8. The van der Waals surface area contributed by atoms with E-state index in [2.05, 4.69) is 5.32 Å². The zero-order chi connectivity index (χ0) is 31.3. The van der Waals surface area contributed by atoms with Crippen molar-refractivity contribution in [1.29, 1.82) is 0 Å². The SMILES string of the molecule is O=C(CCCCCCC(=O)Nc1cccc(C2OC(CSc3ccccc3C(=O)O)CC(c3ccc(CO)cc3)O2)c1)NO. The summed E-state index contributed by atoms with van der Waals surface area (Å²) in [7, 11) is 0. The molecule has 44 heavy (non-hydrogen) atoms. The summed E-state index contributed by atoms with van der Waals surface area (Å²) in [6, 6.07) is 21.8. The molecule has 0 aromatic heterocycles. The monoisotopic (exact) mass is 622 g/mol. The molecule has 3 aromatic carbocycles. The predicted octanol–water partition coefficient (Wildman–Crippen LogP) is 6.00. The van der Waals surface area contributed by atoms with E-state index in [0.717, 1.165) is 29.5 Å². The van der Waals surface area contributed by atoms with Gasteiger partial charge in [-0.3, -0.25) is 14.8 Å². The maximum Gasteiger partial charge on any atom is 0.336 e. The molecule has 0 aliphatic carbocycles. The van der Waals surface area contributed by atoms with Gasteiger partial charge in [-0.15, -0.1) is 11.8 Å². The summed E-state index contributed by atoms with van der Waals surface area (Å²) in [5.74, 6) is -0.995. The van der Waals surface area contributed by atoms with Crippen LogP contribution in [-0.4, -0.2) is 45.1 Å². The second-order valence-electron chi connectivity index (χ2n) is 10.6. The summed E-state index contributed by atoms with van der Waals surface area (Å²) in [5.41, 5.74) is 4.96. The zero-order valence-corrected chi connectivity index (χ0v) is 25.1. The first-order valence-electron chi connectivity index (χ1n) is 14.6. The van der Waals surface area contributed by atoms with E-state index < -0.39 is 18.2 Å². The summed E-state index contributed by atoms with van der Waals surface area (Å²) in [4.78, 5) is 36.0. The van der Waals surface area contributed by atoms with Crippen LogP contribution >= 0.6 is 11.8 Å². The Morgan fingerprint density at radius 3 is 2.27 bits per heavy atom. The molecule has 1 heterocycles. The molecule has 0 spiro atoms. The molecule has 4 rings (SSSR count). The van der Waals surface area contributed by atoms with E-state index >= 15 is 0 Å². The van der Waals surface area contributed by atoms with Crippen molar-refractivity contribution in [3.8, 4) is 0 Å². The smallest absolute Gasteiger partial charge is 0.336 e. The van der Waals surface area contributed by atoms with Crippen LogP contribution in [0.3, 0.4) is 0 Å². The third kappa shape index (κ3) is 9.90. The Morgan fingerprint density at radius 2 is 1.57 bits per heavy atom. The summed E-state index contributed by atoms with van der Waals surface area (Å²) in [6.07, 6.45) is 2.79. The van der Waals surface area contributed by atoms with Crippen molar-refractivity contribution in [2.45, 2.75) is 74.9 Å². The van der Waals surface area contributed by atoms with Gasteiger partial charge in [-0.1, -0.05) is 61.4 Å². The molecule has 3 unspecified atom stereocenters. The van der Waals surface area contributed by atoms with Crippen LogP contribution in [0.15, 0.2) is 77.7 Å². The van der Waals surface area contributed by atoms with Gasteiger partial charge in [0, 0.05) is 41.2 Å². The minimum absolute atomic E-state index is 0.0539. The molecule has 3 aromatic rings. The fraction of sp³-hybridized carbons (Fsp3) is 0.364. The molecule has 1 saturated heterocycles. The summed E-state index contributed by atoms with van der Waals surface area (Å²) in [6.45, 7) is -0.0539. The highest BCUT2D eigenvalue weighted by atomic mass is 32.2. The molecule has 0 saturated carbocycles. The van der Waals surface area contributed by atoms with E-state index in [-0.39, 0.29) is 36.7 Å². The lowest BCUT2D eigenvalue weighted by Gasteiger charge is -2.36. The second kappa shape index (κ2) is 16.9.